The van der Waals surface area contributed by atoms with Crippen LogP contribution >= 0.6 is 0 Å². The van der Waals surface area contributed by atoms with Gasteiger partial charge in [0.15, 0.2) is 0 Å². The smallest absolute Gasteiger partial charge is 0.343 e. The summed E-state index contributed by atoms with van der Waals surface area (Å²) in [5.41, 5.74) is 3.87. The molecule has 0 radical (unpaired) electrons. The van der Waals surface area contributed by atoms with Gasteiger partial charge < -0.3 is 19.5 Å². The molecule has 204 valence electrons. The number of hydrazone groups is 1. The molecule has 0 atom stereocenters. The topological polar surface area (TPSA) is 115 Å². The molecule has 0 aromatic heterocycles. The van der Waals surface area contributed by atoms with Gasteiger partial charge in [0, 0.05) is 5.56 Å². The van der Waals surface area contributed by atoms with E-state index in [4.69, 9.17) is 14.2 Å². The summed E-state index contributed by atoms with van der Waals surface area (Å²) in [5, 5.41) is 6.44. The van der Waals surface area contributed by atoms with Gasteiger partial charge in [0.25, 0.3) is 11.8 Å². The Hall–Kier alpha value is -4.66. The van der Waals surface area contributed by atoms with Gasteiger partial charge in [-0.15, -0.1) is 0 Å². The van der Waals surface area contributed by atoms with Gasteiger partial charge >= 0.3 is 5.97 Å². The third-order valence-electron chi connectivity index (χ3n) is 5.35. The maximum Gasteiger partial charge on any atom is 0.343 e. The summed E-state index contributed by atoms with van der Waals surface area (Å²) in [5.74, 6) is 0.432. The molecule has 3 rings (SSSR count). The Morgan fingerprint density at radius 1 is 0.744 bits per heavy atom. The average Bonchev–Trinajstić information content (AvgIpc) is 2.96. The van der Waals surface area contributed by atoms with Crippen LogP contribution in [0.3, 0.4) is 0 Å². The van der Waals surface area contributed by atoms with E-state index < -0.39 is 11.9 Å². The van der Waals surface area contributed by atoms with E-state index >= 15 is 0 Å². The number of carbonyl (C=O) groups is 3. The molecule has 0 saturated heterocycles. The number of esters is 1. The third kappa shape index (κ3) is 9.96. The predicted molar refractivity (Wildman–Crippen MR) is 149 cm³/mol. The number of benzene rings is 3. The number of hydrogen-bond donors (Lipinski definition) is 2. The van der Waals surface area contributed by atoms with Crippen molar-refractivity contribution in [3.05, 3.63) is 89.5 Å². The molecule has 0 aliphatic carbocycles. The molecule has 0 unspecified atom stereocenters. The molecule has 3 aromatic carbocycles. The maximum absolute atomic E-state index is 12.4. The van der Waals surface area contributed by atoms with Gasteiger partial charge in [0.2, 0.25) is 0 Å². The third-order valence-corrected chi connectivity index (χ3v) is 5.35. The molecule has 0 aliphatic heterocycles. The van der Waals surface area contributed by atoms with Crippen LogP contribution in [0.1, 0.15) is 59.4 Å². The molecule has 3 aromatic rings. The van der Waals surface area contributed by atoms with Crippen LogP contribution in [0.2, 0.25) is 0 Å². The Morgan fingerprint density at radius 3 is 1.95 bits per heavy atom. The van der Waals surface area contributed by atoms with Crippen LogP contribution in [-0.4, -0.2) is 43.8 Å². The Morgan fingerprint density at radius 2 is 1.33 bits per heavy atom. The first kappa shape index (κ1) is 28.9. The first-order chi connectivity index (χ1) is 19.0. The van der Waals surface area contributed by atoms with Crippen molar-refractivity contribution in [2.75, 3.05) is 19.8 Å². The molecule has 0 aliphatic rings. The number of nitrogens with one attached hydrogen (secondary N) is 2. The Labute approximate surface area is 228 Å². The molecule has 2 N–H and O–H groups in total. The van der Waals surface area contributed by atoms with Crippen molar-refractivity contribution in [2.24, 2.45) is 5.10 Å². The molecule has 9 nitrogen and oxygen atoms in total. The maximum atomic E-state index is 12.4. The lowest BCUT2D eigenvalue weighted by Crippen LogP contribution is -2.34. The lowest BCUT2D eigenvalue weighted by molar-refractivity contribution is -0.120. The quantitative estimate of drug-likeness (QED) is 0.102. The van der Waals surface area contributed by atoms with Gasteiger partial charge in [-0.3, -0.25) is 9.59 Å². The van der Waals surface area contributed by atoms with Crippen LogP contribution in [0, 0.1) is 0 Å². The van der Waals surface area contributed by atoms with Gasteiger partial charge in [0.1, 0.15) is 17.2 Å². The summed E-state index contributed by atoms with van der Waals surface area (Å²) in [7, 11) is 0. The van der Waals surface area contributed by atoms with E-state index in [2.05, 4.69) is 22.8 Å². The second-order valence-electron chi connectivity index (χ2n) is 8.53. The van der Waals surface area contributed by atoms with Crippen molar-refractivity contribution < 1.29 is 28.6 Å². The van der Waals surface area contributed by atoms with Crippen LogP contribution in [0.25, 0.3) is 0 Å². The average molecular weight is 532 g/mol. The fourth-order valence-electron chi connectivity index (χ4n) is 3.21. The van der Waals surface area contributed by atoms with Crippen LogP contribution < -0.4 is 25.0 Å². The zero-order valence-corrected chi connectivity index (χ0v) is 22.1. The van der Waals surface area contributed by atoms with E-state index in [0.717, 1.165) is 19.3 Å². The minimum atomic E-state index is -0.482. The highest BCUT2D eigenvalue weighted by atomic mass is 16.5. The molecular formula is C30H33N3O6. The molecule has 0 spiro atoms. The van der Waals surface area contributed by atoms with Crippen molar-refractivity contribution in [1.82, 2.24) is 10.7 Å². The number of unbranched alkanes of at least 4 members (excludes halogenated alkanes) is 1. The molecule has 0 fully saturated rings. The van der Waals surface area contributed by atoms with Crippen LogP contribution in [0.5, 0.6) is 17.2 Å². The van der Waals surface area contributed by atoms with E-state index in [0.29, 0.717) is 47.2 Å². The largest absolute Gasteiger partial charge is 0.494 e. The number of hydrogen-bond acceptors (Lipinski definition) is 7. The normalized spacial score (nSPS) is 10.6. The Balaban J connectivity index is 1.39. The van der Waals surface area contributed by atoms with E-state index in [9.17, 15) is 14.4 Å². The Bertz CT molecular complexity index is 1240. The van der Waals surface area contributed by atoms with Crippen LogP contribution in [0.15, 0.2) is 77.9 Å². The summed E-state index contributed by atoms with van der Waals surface area (Å²) < 4.78 is 16.5. The van der Waals surface area contributed by atoms with Gasteiger partial charge in [-0.1, -0.05) is 20.3 Å². The molecule has 39 heavy (non-hydrogen) atoms. The Kier molecular flexibility index (Phi) is 11.5. The minimum absolute atomic E-state index is 0.231. The molecule has 0 heterocycles. The lowest BCUT2D eigenvalue weighted by atomic mass is 10.2. The highest BCUT2D eigenvalue weighted by Crippen LogP contribution is 2.17. The summed E-state index contributed by atoms with van der Waals surface area (Å²) in [6.45, 7) is 5.12. The van der Waals surface area contributed by atoms with Crippen LogP contribution in [0.4, 0.5) is 0 Å². The van der Waals surface area contributed by atoms with Crippen molar-refractivity contribution in [3.63, 3.8) is 0 Å². The number of amides is 2. The van der Waals surface area contributed by atoms with E-state index in [1.165, 1.54) is 6.21 Å². The van der Waals surface area contributed by atoms with Crippen molar-refractivity contribution >= 4 is 24.0 Å². The first-order valence-corrected chi connectivity index (χ1v) is 12.9. The summed E-state index contributed by atoms with van der Waals surface area (Å²) in [6, 6.07) is 20.1. The number of carbonyl (C=O) groups excluding carboxylic acids is 3. The molecule has 0 bridgehead atoms. The minimum Gasteiger partial charge on any atom is -0.494 e. The standard InChI is InChI=1S/C30H33N3O6/c1-3-5-19-38-26-14-8-23(9-15-26)29(35)31-21-28(34)33-32-20-22-6-12-27(13-7-22)39-30(36)24-10-16-25(17-11-24)37-18-4-2/h6-17,20H,3-5,18-19,21H2,1-2H3,(H,31,35)(H,33,34)/b32-20+. The van der Waals surface area contributed by atoms with Crippen molar-refractivity contribution in [2.45, 2.75) is 33.1 Å². The van der Waals surface area contributed by atoms with Gasteiger partial charge in [0.05, 0.1) is 31.5 Å². The highest BCUT2D eigenvalue weighted by molar-refractivity contribution is 5.96. The lowest BCUT2D eigenvalue weighted by Gasteiger charge is -2.07. The molecule has 2 amide bonds. The van der Waals surface area contributed by atoms with Gasteiger partial charge in [-0.25, -0.2) is 10.2 Å². The SMILES string of the molecule is CCCCOc1ccc(C(=O)NCC(=O)N/N=C/c2ccc(OC(=O)c3ccc(OCCC)cc3)cc2)cc1. The molecular weight excluding hydrogens is 498 g/mol. The molecule has 0 saturated carbocycles. The van der Waals surface area contributed by atoms with Crippen molar-refractivity contribution in [3.8, 4) is 17.2 Å². The van der Waals surface area contributed by atoms with Gasteiger partial charge in [-0.2, -0.15) is 5.10 Å². The van der Waals surface area contributed by atoms with Crippen molar-refractivity contribution in [1.29, 1.82) is 0 Å². The van der Waals surface area contributed by atoms with E-state index in [1.807, 2.05) is 6.92 Å². The monoisotopic (exact) mass is 531 g/mol. The number of rotatable bonds is 14. The van der Waals surface area contributed by atoms with E-state index in [1.54, 1.807) is 72.8 Å². The van der Waals surface area contributed by atoms with Crippen LogP contribution in [-0.2, 0) is 4.79 Å². The summed E-state index contributed by atoms with van der Waals surface area (Å²) in [4.78, 5) is 36.6. The van der Waals surface area contributed by atoms with Gasteiger partial charge in [-0.05, 0) is 91.2 Å². The number of nitrogens with zero attached hydrogens (tertiary/aromatic N) is 1. The molecule has 9 heteroatoms. The predicted octanol–water partition coefficient (Wildman–Crippen LogP) is 4.75. The summed E-state index contributed by atoms with van der Waals surface area (Å²) >= 11 is 0. The zero-order chi connectivity index (χ0) is 27.9. The summed E-state index contributed by atoms with van der Waals surface area (Å²) in [6.07, 6.45) is 4.35. The second kappa shape index (κ2) is 15.6. The van der Waals surface area contributed by atoms with E-state index in [-0.39, 0.29) is 12.5 Å². The fourth-order valence-corrected chi connectivity index (χ4v) is 3.21. The first-order valence-electron chi connectivity index (χ1n) is 12.9. The fraction of sp³-hybridized carbons (Fsp3) is 0.267. The second-order valence-corrected chi connectivity index (χ2v) is 8.53. The zero-order valence-electron chi connectivity index (χ0n) is 22.1. The number of ether oxygens (including phenoxy) is 3. The highest BCUT2D eigenvalue weighted by Gasteiger charge is 2.10.